The highest BCUT2D eigenvalue weighted by molar-refractivity contribution is 7.89. The van der Waals surface area contributed by atoms with Gasteiger partial charge in [0.2, 0.25) is 10.0 Å². The Labute approximate surface area is 114 Å². The molecule has 110 valence electrons. The monoisotopic (exact) mass is 305 g/mol. The molecule has 2 N–H and O–H groups in total. The number of aliphatic carboxylic acids is 1. The molecular weight excluding hydrogens is 292 g/mol. The number of sulfonamides is 1. The second-order valence-electron chi connectivity index (χ2n) is 4.74. The Kier molecular flexibility index (Phi) is 4.05. The zero-order chi connectivity index (χ0) is 14.9. The normalized spacial score (nSPS) is 22.9. The summed E-state index contributed by atoms with van der Waals surface area (Å²) in [5.41, 5.74) is 0. The van der Waals surface area contributed by atoms with Crippen LogP contribution in [0.15, 0.2) is 23.1 Å². The van der Waals surface area contributed by atoms with Gasteiger partial charge in [-0.2, -0.15) is 0 Å². The summed E-state index contributed by atoms with van der Waals surface area (Å²) in [4.78, 5) is 10.0. The minimum atomic E-state index is -4.20. The van der Waals surface area contributed by atoms with Gasteiger partial charge in [-0.3, -0.25) is 4.79 Å². The van der Waals surface area contributed by atoms with Gasteiger partial charge >= 0.3 is 5.97 Å². The van der Waals surface area contributed by atoms with Crippen molar-refractivity contribution in [1.82, 2.24) is 4.72 Å². The van der Waals surface area contributed by atoms with E-state index in [1.807, 2.05) is 0 Å². The highest BCUT2D eigenvalue weighted by Gasteiger charge is 2.33. The van der Waals surface area contributed by atoms with Crippen LogP contribution in [0.25, 0.3) is 0 Å². The largest absolute Gasteiger partial charge is 0.481 e. The molecule has 2 atom stereocenters. The quantitative estimate of drug-likeness (QED) is 0.883. The van der Waals surface area contributed by atoms with E-state index in [1.54, 1.807) is 0 Å². The van der Waals surface area contributed by atoms with Crippen molar-refractivity contribution in [3.63, 3.8) is 0 Å². The molecule has 0 heterocycles. The number of halogens is 2. The van der Waals surface area contributed by atoms with Gasteiger partial charge in [0.1, 0.15) is 16.5 Å². The molecule has 1 aromatic carbocycles. The molecule has 0 unspecified atom stereocenters. The van der Waals surface area contributed by atoms with E-state index >= 15 is 0 Å². The Morgan fingerprint density at radius 2 is 2.00 bits per heavy atom. The Hall–Kier alpha value is -1.54. The minimum absolute atomic E-state index is 0.144. The van der Waals surface area contributed by atoms with Crippen LogP contribution in [-0.2, 0) is 14.8 Å². The van der Waals surface area contributed by atoms with Gasteiger partial charge in [-0.15, -0.1) is 0 Å². The number of carboxylic acids is 1. The molecule has 1 aliphatic rings. The summed E-state index contributed by atoms with van der Waals surface area (Å²) >= 11 is 0. The lowest BCUT2D eigenvalue weighted by molar-refractivity contribution is -0.141. The summed E-state index contributed by atoms with van der Waals surface area (Å²) < 4.78 is 52.7. The lowest BCUT2D eigenvalue weighted by atomic mass is 10.1. The number of hydrogen-bond donors (Lipinski definition) is 2. The van der Waals surface area contributed by atoms with Crippen LogP contribution in [-0.4, -0.2) is 25.5 Å². The molecule has 0 aromatic heterocycles. The Balaban J connectivity index is 2.16. The van der Waals surface area contributed by atoms with Crippen LogP contribution in [0.3, 0.4) is 0 Å². The lowest BCUT2D eigenvalue weighted by Crippen LogP contribution is -2.34. The predicted molar refractivity (Wildman–Crippen MR) is 65.4 cm³/mol. The maximum absolute atomic E-state index is 13.5. The van der Waals surface area contributed by atoms with Gasteiger partial charge in [-0.1, -0.05) is 0 Å². The van der Waals surface area contributed by atoms with Crippen LogP contribution in [0.1, 0.15) is 19.3 Å². The highest BCUT2D eigenvalue weighted by atomic mass is 32.2. The van der Waals surface area contributed by atoms with E-state index in [4.69, 9.17) is 5.11 Å². The SMILES string of the molecule is O=C(O)[C@@H]1CC[C@H](NS(=O)(=O)c2cc(F)ccc2F)C1. The molecule has 1 aromatic rings. The molecule has 20 heavy (non-hydrogen) atoms. The number of carbonyl (C=O) groups is 1. The fraction of sp³-hybridized carbons (Fsp3) is 0.417. The summed E-state index contributed by atoms with van der Waals surface area (Å²) in [7, 11) is -4.20. The molecule has 2 rings (SSSR count). The van der Waals surface area contributed by atoms with Crippen LogP contribution in [0.5, 0.6) is 0 Å². The predicted octanol–water partition coefficient (Wildman–Crippen LogP) is 1.50. The first-order chi connectivity index (χ1) is 9.29. The third-order valence-electron chi connectivity index (χ3n) is 3.29. The van der Waals surface area contributed by atoms with Crippen molar-refractivity contribution in [2.45, 2.75) is 30.2 Å². The van der Waals surface area contributed by atoms with E-state index in [0.29, 0.717) is 18.9 Å². The minimum Gasteiger partial charge on any atom is -0.481 e. The lowest BCUT2D eigenvalue weighted by Gasteiger charge is -2.13. The average molecular weight is 305 g/mol. The molecule has 5 nitrogen and oxygen atoms in total. The third kappa shape index (κ3) is 3.13. The first-order valence-corrected chi connectivity index (χ1v) is 7.48. The number of carboxylic acid groups (broad SMARTS) is 1. The van der Waals surface area contributed by atoms with Gasteiger partial charge in [0.15, 0.2) is 0 Å². The first kappa shape index (κ1) is 14.9. The maximum atomic E-state index is 13.5. The van der Waals surface area contributed by atoms with Crippen LogP contribution in [0.4, 0.5) is 8.78 Å². The smallest absolute Gasteiger partial charge is 0.306 e. The van der Waals surface area contributed by atoms with Crippen LogP contribution < -0.4 is 4.72 Å². The molecule has 0 bridgehead atoms. The van der Waals surface area contributed by atoms with Crippen molar-refractivity contribution in [2.75, 3.05) is 0 Å². The zero-order valence-corrected chi connectivity index (χ0v) is 11.2. The topological polar surface area (TPSA) is 83.5 Å². The van der Waals surface area contributed by atoms with Crippen molar-refractivity contribution in [1.29, 1.82) is 0 Å². The van der Waals surface area contributed by atoms with E-state index in [-0.39, 0.29) is 6.42 Å². The molecule has 1 aliphatic carbocycles. The van der Waals surface area contributed by atoms with E-state index in [2.05, 4.69) is 4.72 Å². The molecule has 8 heteroatoms. The van der Waals surface area contributed by atoms with Crippen molar-refractivity contribution < 1.29 is 27.1 Å². The first-order valence-electron chi connectivity index (χ1n) is 6.00. The van der Waals surface area contributed by atoms with Crippen molar-refractivity contribution in [2.24, 2.45) is 5.92 Å². The Morgan fingerprint density at radius 3 is 2.60 bits per heavy atom. The van der Waals surface area contributed by atoms with Gasteiger partial charge < -0.3 is 5.11 Å². The van der Waals surface area contributed by atoms with Gasteiger partial charge in [0.25, 0.3) is 0 Å². The standard InChI is InChI=1S/C12H13F2NO4S/c13-8-2-4-10(14)11(6-8)20(18,19)15-9-3-1-7(5-9)12(16)17/h2,4,6-7,9,15H,1,3,5H2,(H,16,17)/t7-,9+/m1/s1. The van der Waals surface area contributed by atoms with Gasteiger partial charge in [-0.25, -0.2) is 21.9 Å². The van der Waals surface area contributed by atoms with E-state index in [1.165, 1.54) is 0 Å². The molecule has 0 aliphatic heterocycles. The van der Waals surface area contributed by atoms with Gasteiger partial charge in [0, 0.05) is 6.04 Å². The summed E-state index contributed by atoms with van der Waals surface area (Å²) in [6.07, 6.45) is 0.854. The van der Waals surface area contributed by atoms with Crippen LogP contribution >= 0.6 is 0 Å². The number of nitrogens with one attached hydrogen (secondary N) is 1. The second kappa shape index (κ2) is 5.45. The van der Waals surface area contributed by atoms with Crippen molar-refractivity contribution >= 4 is 16.0 Å². The van der Waals surface area contributed by atoms with E-state index in [0.717, 1.165) is 12.1 Å². The van der Waals surface area contributed by atoms with E-state index in [9.17, 15) is 22.0 Å². The number of hydrogen-bond acceptors (Lipinski definition) is 3. The Bertz CT molecular complexity index is 632. The van der Waals surface area contributed by atoms with Crippen molar-refractivity contribution in [3.8, 4) is 0 Å². The molecule has 0 amide bonds. The molecular formula is C12H13F2NO4S. The second-order valence-corrected chi connectivity index (χ2v) is 6.42. The van der Waals surface area contributed by atoms with Crippen LogP contribution in [0.2, 0.25) is 0 Å². The molecule has 0 saturated heterocycles. The molecule has 0 radical (unpaired) electrons. The molecule has 0 spiro atoms. The Morgan fingerprint density at radius 1 is 1.30 bits per heavy atom. The van der Waals surface area contributed by atoms with Crippen molar-refractivity contribution in [3.05, 3.63) is 29.8 Å². The summed E-state index contributed by atoms with van der Waals surface area (Å²) in [6.45, 7) is 0. The number of benzene rings is 1. The summed E-state index contributed by atoms with van der Waals surface area (Å²) in [6, 6.07) is 1.58. The maximum Gasteiger partial charge on any atom is 0.306 e. The molecule has 1 saturated carbocycles. The average Bonchev–Trinajstić information content (AvgIpc) is 2.80. The van der Waals surface area contributed by atoms with Crippen LogP contribution in [0, 0.1) is 17.6 Å². The fourth-order valence-corrected chi connectivity index (χ4v) is 3.65. The summed E-state index contributed by atoms with van der Waals surface area (Å²) in [5.74, 6) is -3.50. The van der Waals surface area contributed by atoms with Gasteiger partial charge in [0.05, 0.1) is 5.92 Å². The molecule has 1 fully saturated rings. The third-order valence-corrected chi connectivity index (χ3v) is 4.82. The van der Waals surface area contributed by atoms with Gasteiger partial charge in [-0.05, 0) is 37.5 Å². The fourth-order valence-electron chi connectivity index (χ4n) is 2.28. The summed E-state index contributed by atoms with van der Waals surface area (Å²) in [5, 5.41) is 8.84. The zero-order valence-electron chi connectivity index (χ0n) is 10.3. The highest BCUT2D eigenvalue weighted by Crippen LogP contribution is 2.27. The number of rotatable bonds is 4. The van der Waals surface area contributed by atoms with E-state index < -0.39 is 44.5 Å².